The van der Waals surface area contributed by atoms with Crippen molar-refractivity contribution in [3.05, 3.63) is 12.2 Å². The fraction of sp³-hybridized carbons (Fsp3) is 0.940. The third-order valence-electron chi connectivity index (χ3n) is 12.4. The predicted molar refractivity (Wildman–Crippen MR) is 244 cm³/mol. The Kier molecular flexibility index (Phi) is 38.9. The van der Waals surface area contributed by atoms with Gasteiger partial charge in [0.25, 0.3) is 0 Å². The Morgan fingerprint density at radius 2 is 0.949 bits per heavy atom. The molecular weight excluding hydrogens is 743 g/mol. The number of amides is 1. The molecule has 0 radical (unpaired) electrons. The van der Waals surface area contributed by atoms with Crippen molar-refractivity contribution in [1.29, 1.82) is 0 Å². The largest absolute Gasteiger partial charge is 0.394 e. The molecule has 7 unspecified atom stereocenters. The lowest BCUT2D eigenvalue weighted by Gasteiger charge is -2.40. The van der Waals surface area contributed by atoms with Crippen LogP contribution < -0.4 is 5.32 Å². The van der Waals surface area contributed by atoms with Gasteiger partial charge in [-0.3, -0.25) is 4.79 Å². The van der Waals surface area contributed by atoms with Gasteiger partial charge in [-0.05, 0) is 38.5 Å². The summed E-state index contributed by atoms with van der Waals surface area (Å²) in [6, 6.07) is -0.717. The number of allylic oxidation sites excluding steroid dienone is 2. The van der Waals surface area contributed by atoms with E-state index in [1.54, 1.807) is 0 Å². The van der Waals surface area contributed by atoms with E-state index in [1.807, 2.05) is 0 Å². The SMILES string of the molecule is CCCCCCCCCCC/C=C\CCCCCCCCCC(=O)NC(COC1OC(CO)C(O)C(O)C1O)C(O)CCCCCCCCCCCCCCCCCC. The minimum absolute atomic E-state index is 0.136. The minimum atomic E-state index is -1.55. The van der Waals surface area contributed by atoms with Gasteiger partial charge in [0.05, 0.1) is 25.4 Å². The highest BCUT2D eigenvalue weighted by molar-refractivity contribution is 5.76. The van der Waals surface area contributed by atoms with E-state index in [2.05, 4.69) is 31.3 Å². The van der Waals surface area contributed by atoms with Crippen LogP contribution in [-0.4, -0.2) is 87.5 Å². The Morgan fingerprint density at radius 3 is 1.37 bits per heavy atom. The molecule has 9 heteroatoms. The third-order valence-corrected chi connectivity index (χ3v) is 12.4. The molecule has 0 bridgehead atoms. The zero-order valence-corrected chi connectivity index (χ0v) is 38.5. The van der Waals surface area contributed by atoms with Gasteiger partial charge in [-0.2, -0.15) is 0 Å². The van der Waals surface area contributed by atoms with Crippen molar-refractivity contribution in [2.24, 2.45) is 0 Å². The Balaban J connectivity index is 2.27. The van der Waals surface area contributed by atoms with Gasteiger partial charge in [0.15, 0.2) is 6.29 Å². The molecule has 0 saturated carbocycles. The summed E-state index contributed by atoms with van der Waals surface area (Å²) in [5, 5.41) is 54.5. The van der Waals surface area contributed by atoms with E-state index in [0.29, 0.717) is 12.8 Å². The van der Waals surface area contributed by atoms with Crippen LogP contribution in [0.25, 0.3) is 0 Å². The van der Waals surface area contributed by atoms with Crippen molar-refractivity contribution in [3.8, 4) is 0 Å². The molecule has 1 rings (SSSR count). The van der Waals surface area contributed by atoms with E-state index in [0.717, 1.165) is 38.5 Å². The van der Waals surface area contributed by atoms with Crippen molar-refractivity contribution >= 4 is 5.91 Å². The Hall–Kier alpha value is -1.07. The zero-order valence-electron chi connectivity index (χ0n) is 38.5. The number of rotatable bonds is 43. The molecule has 6 N–H and O–H groups in total. The fourth-order valence-electron chi connectivity index (χ4n) is 8.27. The molecule has 1 aliphatic rings. The molecule has 1 saturated heterocycles. The molecule has 9 nitrogen and oxygen atoms in total. The van der Waals surface area contributed by atoms with Gasteiger partial charge >= 0.3 is 0 Å². The smallest absolute Gasteiger partial charge is 0.220 e. The van der Waals surface area contributed by atoms with Crippen LogP contribution in [0.3, 0.4) is 0 Å². The van der Waals surface area contributed by atoms with Crippen LogP contribution in [0.2, 0.25) is 0 Å². The summed E-state index contributed by atoms with van der Waals surface area (Å²) in [5.41, 5.74) is 0. The van der Waals surface area contributed by atoms with E-state index in [4.69, 9.17) is 9.47 Å². The molecule has 59 heavy (non-hydrogen) atoms. The summed E-state index contributed by atoms with van der Waals surface area (Å²) >= 11 is 0. The van der Waals surface area contributed by atoms with Gasteiger partial charge in [0, 0.05) is 6.42 Å². The predicted octanol–water partition coefficient (Wildman–Crippen LogP) is 11.3. The van der Waals surface area contributed by atoms with Crippen LogP contribution >= 0.6 is 0 Å². The second-order valence-electron chi connectivity index (χ2n) is 18.0. The number of aliphatic hydroxyl groups is 5. The number of hydrogen-bond acceptors (Lipinski definition) is 8. The van der Waals surface area contributed by atoms with Crippen molar-refractivity contribution < 1.29 is 39.8 Å². The van der Waals surface area contributed by atoms with Crippen LogP contribution in [0, 0.1) is 0 Å². The zero-order chi connectivity index (χ0) is 43.0. The maximum Gasteiger partial charge on any atom is 0.220 e. The summed E-state index contributed by atoms with van der Waals surface area (Å²) < 4.78 is 11.3. The highest BCUT2D eigenvalue weighted by atomic mass is 16.7. The van der Waals surface area contributed by atoms with Crippen LogP contribution in [0.5, 0.6) is 0 Å². The third kappa shape index (κ3) is 31.4. The Morgan fingerprint density at radius 1 is 0.559 bits per heavy atom. The van der Waals surface area contributed by atoms with Crippen molar-refractivity contribution in [2.75, 3.05) is 13.2 Å². The molecule has 0 aliphatic carbocycles. The average molecular weight is 840 g/mol. The molecular formula is C50H97NO8. The summed E-state index contributed by atoms with van der Waals surface area (Å²) in [6.07, 6.45) is 40.7. The highest BCUT2D eigenvalue weighted by Gasteiger charge is 2.44. The lowest BCUT2D eigenvalue weighted by molar-refractivity contribution is -0.302. The first-order valence-electron chi connectivity index (χ1n) is 25.4. The first-order valence-corrected chi connectivity index (χ1v) is 25.4. The molecule has 1 heterocycles. The minimum Gasteiger partial charge on any atom is -0.394 e. The number of ether oxygens (including phenoxy) is 2. The normalized spacial score (nSPS) is 20.7. The summed E-state index contributed by atoms with van der Waals surface area (Å²) in [6.45, 7) is 3.85. The molecule has 0 aromatic carbocycles. The summed E-state index contributed by atoms with van der Waals surface area (Å²) in [7, 11) is 0. The summed E-state index contributed by atoms with van der Waals surface area (Å²) in [4.78, 5) is 13.0. The maximum atomic E-state index is 13.0. The Bertz CT molecular complexity index is 935. The Labute approximate surface area is 363 Å². The summed E-state index contributed by atoms with van der Waals surface area (Å²) in [5.74, 6) is -0.146. The average Bonchev–Trinajstić information content (AvgIpc) is 3.23. The van der Waals surface area contributed by atoms with E-state index < -0.39 is 49.5 Å². The molecule has 0 aromatic rings. The second kappa shape index (κ2) is 41.0. The molecule has 1 aliphatic heterocycles. The fourth-order valence-corrected chi connectivity index (χ4v) is 8.27. The molecule has 350 valence electrons. The van der Waals surface area contributed by atoms with Crippen molar-refractivity contribution in [1.82, 2.24) is 5.32 Å². The second-order valence-corrected chi connectivity index (χ2v) is 18.0. The van der Waals surface area contributed by atoms with Crippen LogP contribution in [0.1, 0.15) is 245 Å². The van der Waals surface area contributed by atoms with Crippen molar-refractivity contribution in [3.63, 3.8) is 0 Å². The number of unbranched alkanes of at least 4 members (excludes halogenated alkanes) is 31. The monoisotopic (exact) mass is 840 g/mol. The van der Waals surface area contributed by atoms with Crippen LogP contribution in [-0.2, 0) is 14.3 Å². The van der Waals surface area contributed by atoms with Gasteiger partial charge < -0.3 is 40.3 Å². The molecule has 7 atom stereocenters. The van der Waals surface area contributed by atoms with Gasteiger partial charge in [0.1, 0.15) is 24.4 Å². The van der Waals surface area contributed by atoms with Gasteiger partial charge in [0.2, 0.25) is 5.91 Å². The standard InChI is InChI=1S/C50H97NO8/c1-3-5-7-9-11-13-15-17-19-21-22-23-24-26-28-30-32-34-36-38-40-46(54)51-43(42-58-50-49(57)48(56)47(55)45(41-52)59-50)44(53)39-37-35-33-31-29-27-25-20-18-16-14-12-10-8-6-4-2/h22-23,43-45,47-50,52-53,55-57H,3-21,24-42H2,1-2H3,(H,51,54)/b23-22-. The lowest BCUT2D eigenvalue weighted by Crippen LogP contribution is -2.60. The highest BCUT2D eigenvalue weighted by Crippen LogP contribution is 2.23. The topological polar surface area (TPSA) is 149 Å². The number of hydrogen-bond donors (Lipinski definition) is 6. The molecule has 0 aromatic heterocycles. The first-order chi connectivity index (χ1) is 28.8. The van der Waals surface area contributed by atoms with Crippen LogP contribution in [0.15, 0.2) is 12.2 Å². The van der Waals surface area contributed by atoms with Gasteiger partial charge in [-0.15, -0.1) is 0 Å². The molecule has 0 spiro atoms. The maximum absolute atomic E-state index is 13.0. The van der Waals surface area contributed by atoms with Gasteiger partial charge in [-0.25, -0.2) is 0 Å². The van der Waals surface area contributed by atoms with Gasteiger partial charge in [-0.1, -0.05) is 212 Å². The molecule has 1 amide bonds. The number of aliphatic hydroxyl groups excluding tert-OH is 5. The van der Waals surface area contributed by atoms with E-state index in [1.165, 1.54) is 180 Å². The van der Waals surface area contributed by atoms with Crippen molar-refractivity contribution in [2.45, 2.75) is 288 Å². The lowest BCUT2D eigenvalue weighted by atomic mass is 9.99. The number of nitrogens with one attached hydrogen (secondary N) is 1. The van der Waals surface area contributed by atoms with E-state index in [9.17, 15) is 30.3 Å². The first kappa shape index (κ1) is 55.9. The quantitative estimate of drug-likeness (QED) is 0.0263. The molecule has 1 fully saturated rings. The van der Waals surface area contributed by atoms with Crippen LogP contribution in [0.4, 0.5) is 0 Å². The van der Waals surface area contributed by atoms with E-state index in [-0.39, 0.29) is 12.5 Å². The number of carbonyl (C=O) groups excluding carboxylic acids is 1. The van der Waals surface area contributed by atoms with E-state index >= 15 is 0 Å². The number of carbonyl (C=O) groups is 1.